The highest BCUT2D eigenvalue weighted by Gasteiger charge is 2.24. The van der Waals surface area contributed by atoms with Gasteiger partial charge in [-0.05, 0) is 30.7 Å². The predicted molar refractivity (Wildman–Crippen MR) is 93.6 cm³/mol. The number of likely N-dealkylation sites (tertiary alicyclic amines) is 1. The number of carbonyl (C=O) groups excluding carboxylic acids is 2. The van der Waals surface area contributed by atoms with E-state index in [-0.39, 0.29) is 18.4 Å². The van der Waals surface area contributed by atoms with Gasteiger partial charge in [-0.2, -0.15) is 0 Å². The minimum atomic E-state index is -0.0839. The summed E-state index contributed by atoms with van der Waals surface area (Å²) in [6.45, 7) is 4.13. The lowest BCUT2D eigenvalue weighted by molar-refractivity contribution is -0.140. The molecule has 0 unspecified atom stereocenters. The highest BCUT2D eigenvalue weighted by atomic mass is 16.5. The zero-order valence-electron chi connectivity index (χ0n) is 14.7. The summed E-state index contributed by atoms with van der Waals surface area (Å²) in [5, 5.41) is 0. The van der Waals surface area contributed by atoms with E-state index in [0.29, 0.717) is 19.1 Å². The van der Waals surface area contributed by atoms with Gasteiger partial charge in [0.05, 0.1) is 13.2 Å². The Morgan fingerprint density at radius 3 is 2.46 bits per heavy atom. The second-order valence-electron chi connectivity index (χ2n) is 6.45. The number of rotatable bonds is 7. The molecule has 1 fully saturated rings. The topological polar surface area (TPSA) is 49.9 Å². The van der Waals surface area contributed by atoms with Gasteiger partial charge in [0.1, 0.15) is 0 Å². The lowest BCUT2D eigenvalue weighted by Gasteiger charge is -2.33. The van der Waals surface area contributed by atoms with Gasteiger partial charge in [0.2, 0.25) is 11.8 Å². The molecule has 1 saturated heterocycles. The number of piperidine rings is 1. The first kappa shape index (κ1) is 18.5. The Hall–Kier alpha value is -1.88. The van der Waals surface area contributed by atoms with E-state index in [4.69, 9.17) is 4.74 Å². The number of hydrogen-bond donors (Lipinski definition) is 0. The van der Waals surface area contributed by atoms with Gasteiger partial charge < -0.3 is 14.5 Å². The molecule has 24 heavy (non-hydrogen) atoms. The zero-order valence-corrected chi connectivity index (χ0v) is 14.7. The van der Waals surface area contributed by atoms with Crippen LogP contribution >= 0.6 is 0 Å². The molecule has 5 nitrogen and oxygen atoms in total. The van der Waals surface area contributed by atoms with E-state index in [2.05, 4.69) is 24.3 Å². The number of benzene rings is 1. The van der Waals surface area contributed by atoms with Crippen molar-refractivity contribution < 1.29 is 14.3 Å². The van der Waals surface area contributed by atoms with Gasteiger partial charge in [-0.15, -0.1) is 0 Å². The molecule has 132 valence electrons. The smallest absolute Gasteiger partial charge is 0.242 e. The quantitative estimate of drug-likeness (QED) is 0.767. The summed E-state index contributed by atoms with van der Waals surface area (Å²) in [5.74, 6) is 0.590. The Labute approximate surface area is 144 Å². The molecule has 0 spiro atoms. The molecule has 0 radical (unpaired) electrons. The molecule has 0 atom stereocenters. The number of amides is 2. The van der Waals surface area contributed by atoms with Crippen molar-refractivity contribution in [3.63, 3.8) is 0 Å². The molecule has 0 aromatic heterocycles. The summed E-state index contributed by atoms with van der Waals surface area (Å²) >= 11 is 0. The van der Waals surface area contributed by atoms with E-state index in [0.717, 1.165) is 32.4 Å². The fourth-order valence-corrected chi connectivity index (χ4v) is 3.15. The van der Waals surface area contributed by atoms with Gasteiger partial charge in [0.15, 0.2) is 0 Å². The van der Waals surface area contributed by atoms with Crippen molar-refractivity contribution in [1.82, 2.24) is 9.80 Å². The lowest BCUT2D eigenvalue weighted by Crippen LogP contribution is -2.46. The number of carbonyl (C=O) groups is 2. The number of hydrogen-bond acceptors (Lipinski definition) is 3. The molecule has 1 aliphatic rings. The molecular formula is C19H28N2O3. The van der Waals surface area contributed by atoms with Crippen LogP contribution in [0.3, 0.4) is 0 Å². The van der Waals surface area contributed by atoms with Crippen molar-refractivity contribution in [2.24, 2.45) is 5.92 Å². The van der Waals surface area contributed by atoms with Crippen LogP contribution in [0.5, 0.6) is 0 Å². The monoisotopic (exact) mass is 332 g/mol. The first-order valence-electron chi connectivity index (χ1n) is 8.66. The number of methoxy groups -OCH3 is 1. The Morgan fingerprint density at radius 2 is 1.88 bits per heavy atom. The third-order valence-corrected chi connectivity index (χ3v) is 4.67. The van der Waals surface area contributed by atoms with E-state index in [1.165, 1.54) is 12.5 Å². The minimum absolute atomic E-state index is 0.0412. The first-order valence-corrected chi connectivity index (χ1v) is 8.66. The molecule has 2 rings (SSSR count). The van der Waals surface area contributed by atoms with Crippen LogP contribution in [0.4, 0.5) is 0 Å². The van der Waals surface area contributed by atoms with E-state index in [1.807, 2.05) is 11.0 Å². The third kappa shape index (κ3) is 5.64. The van der Waals surface area contributed by atoms with Crippen molar-refractivity contribution >= 4 is 11.8 Å². The van der Waals surface area contributed by atoms with E-state index in [1.54, 1.807) is 12.0 Å². The van der Waals surface area contributed by atoms with E-state index in [9.17, 15) is 9.59 Å². The maximum Gasteiger partial charge on any atom is 0.242 e. The fraction of sp³-hybridized carbons (Fsp3) is 0.579. The molecule has 1 aromatic rings. The van der Waals surface area contributed by atoms with Gasteiger partial charge in [-0.1, -0.05) is 30.3 Å². The second-order valence-corrected chi connectivity index (χ2v) is 6.45. The van der Waals surface area contributed by atoms with Crippen LogP contribution in [0, 0.1) is 5.92 Å². The average Bonchev–Trinajstić information content (AvgIpc) is 2.59. The van der Waals surface area contributed by atoms with Crippen LogP contribution in [0.25, 0.3) is 0 Å². The molecule has 0 saturated carbocycles. The molecule has 1 heterocycles. The van der Waals surface area contributed by atoms with Crippen LogP contribution in [0.1, 0.15) is 25.3 Å². The van der Waals surface area contributed by atoms with Gasteiger partial charge in [0, 0.05) is 33.7 Å². The largest absolute Gasteiger partial charge is 0.383 e. The van der Waals surface area contributed by atoms with Crippen molar-refractivity contribution in [2.45, 2.75) is 26.2 Å². The van der Waals surface area contributed by atoms with Crippen molar-refractivity contribution in [3.8, 4) is 0 Å². The van der Waals surface area contributed by atoms with Crippen LogP contribution < -0.4 is 0 Å². The predicted octanol–water partition coefficient (Wildman–Crippen LogP) is 1.96. The molecule has 0 aliphatic carbocycles. The van der Waals surface area contributed by atoms with Crippen LogP contribution in [-0.2, 0) is 20.7 Å². The van der Waals surface area contributed by atoms with Crippen LogP contribution in [0.15, 0.2) is 30.3 Å². The molecular weight excluding hydrogens is 304 g/mol. The maximum absolute atomic E-state index is 12.4. The second kappa shape index (κ2) is 9.42. The zero-order chi connectivity index (χ0) is 17.4. The molecule has 0 bridgehead atoms. The molecule has 1 aromatic carbocycles. The molecule has 2 amide bonds. The van der Waals surface area contributed by atoms with Crippen LogP contribution in [-0.4, -0.2) is 61.5 Å². The Kier molecular flexibility index (Phi) is 7.25. The molecule has 1 aliphatic heterocycles. The van der Waals surface area contributed by atoms with Crippen molar-refractivity contribution in [1.29, 1.82) is 0 Å². The van der Waals surface area contributed by atoms with Gasteiger partial charge in [0.25, 0.3) is 0 Å². The third-order valence-electron chi connectivity index (χ3n) is 4.67. The standard InChI is InChI=1S/C19H28N2O3/c1-16(22)21(12-13-24-2)15-19(23)20-10-8-18(9-11-20)14-17-6-4-3-5-7-17/h3-7,18H,8-15H2,1-2H3. The maximum atomic E-state index is 12.4. The summed E-state index contributed by atoms with van der Waals surface area (Å²) in [5.41, 5.74) is 1.37. The summed E-state index contributed by atoms with van der Waals surface area (Å²) in [7, 11) is 1.59. The first-order chi connectivity index (χ1) is 11.6. The SMILES string of the molecule is COCCN(CC(=O)N1CCC(Cc2ccccc2)CC1)C(C)=O. The summed E-state index contributed by atoms with van der Waals surface area (Å²) in [4.78, 5) is 27.5. The molecule has 0 N–H and O–H groups in total. The van der Waals surface area contributed by atoms with Crippen LogP contribution in [0.2, 0.25) is 0 Å². The van der Waals surface area contributed by atoms with E-state index >= 15 is 0 Å². The lowest BCUT2D eigenvalue weighted by atomic mass is 9.90. The highest BCUT2D eigenvalue weighted by molar-refractivity contribution is 5.83. The summed E-state index contributed by atoms with van der Waals surface area (Å²) < 4.78 is 5.00. The Balaban J connectivity index is 1.78. The summed E-state index contributed by atoms with van der Waals surface area (Å²) in [6, 6.07) is 10.5. The van der Waals surface area contributed by atoms with Crippen molar-refractivity contribution in [3.05, 3.63) is 35.9 Å². The van der Waals surface area contributed by atoms with Gasteiger partial charge in [-0.25, -0.2) is 0 Å². The Bertz CT molecular complexity index is 525. The normalized spacial score (nSPS) is 15.3. The van der Waals surface area contributed by atoms with E-state index < -0.39 is 0 Å². The average molecular weight is 332 g/mol. The Morgan fingerprint density at radius 1 is 1.21 bits per heavy atom. The molecule has 5 heteroatoms. The number of nitrogens with zero attached hydrogens (tertiary/aromatic N) is 2. The highest BCUT2D eigenvalue weighted by Crippen LogP contribution is 2.21. The minimum Gasteiger partial charge on any atom is -0.383 e. The van der Waals surface area contributed by atoms with Crippen molar-refractivity contribution in [2.75, 3.05) is 39.9 Å². The number of ether oxygens (including phenoxy) is 1. The fourth-order valence-electron chi connectivity index (χ4n) is 3.15. The van der Waals surface area contributed by atoms with Gasteiger partial charge >= 0.3 is 0 Å². The van der Waals surface area contributed by atoms with Gasteiger partial charge in [-0.3, -0.25) is 9.59 Å². The summed E-state index contributed by atoms with van der Waals surface area (Å²) in [6.07, 6.45) is 3.13.